The molecular weight excluding hydrogens is 352 g/mol. The molecule has 27 heavy (non-hydrogen) atoms. The molecule has 0 spiro atoms. The molecule has 3 aromatic rings. The van der Waals surface area contributed by atoms with E-state index in [1.165, 1.54) is 21.3 Å². The molecule has 2 aromatic carbocycles. The summed E-state index contributed by atoms with van der Waals surface area (Å²) in [7, 11) is 0. The fourth-order valence-electron chi connectivity index (χ4n) is 3.53. The van der Waals surface area contributed by atoms with Crippen molar-refractivity contribution in [2.24, 2.45) is 0 Å². The number of hydrogen-bond donors (Lipinski definition) is 1. The van der Waals surface area contributed by atoms with E-state index in [1.54, 1.807) is 11.3 Å². The highest BCUT2D eigenvalue weighted by Crippen LogP contribution is 2.33. The summed E-state index contributed by atoms with van der Waals surface area (Å²) < 4.78 is 1.18. The molecule has 0 saturated carbocycles. The van der Waals surface area contributed by atoms with Gasteiger partial charge in [0.15, 0.2) is 0 Å². The highest BCUT2D eigenvalue weighted by molar-refractivity contribution is 7.21. The number of hydrogen-bond acceptors (Lipinski definition) is 3. The van der Waals surface area contributed by atoms with Gasteiger partial charge in [-0.15, -0.1) is 11.3 Å². The summed E-state index contributed by atoms with van der Waals surface area (Å²) in [5.74, 6) is -0.00154. The Hall–Kier alpha value is -2.33. The van der Waals surface area contributed by atoms with Crippen LogP contribution in [0.25, 0.3) is 10.1 Å². The molecule has 1 aromatic heterocycles. The maximum atomic E-state index is 13.1. The molecule has 0 atom stereocenters. The first-order valence-corrected chi connectivity index (χ1v) is 10.6. The van der Waals surface area contributed by atoms with Gasteiger partial charge in [-0.05, 0) is 68.0 Å². The van der Waals surface area contributed by atoms with Crippen molar-refractivity contribution < 1.29 is 4.79 Å². The average Bonchev–Trinajstić information content (AvgIpc) is 3.04. The Kier molecular flexibility index (Phi) is 6.17. The van der Waals surface area contributed by atoms with Crippen molar-refractivity contribution in [2.45, 2.75) is 40.5 Å². The second-order valence-electron chi connectivity index (χ2n) is 6.78. The summed E-state index contributed by atoms with van der Waals surface area (Å²) in [6.07, 6.45) is 1.95. The predicted octanol–water partition coefficient (Wildman–Crippen LogP) is 6.26. The third kappa shape index (κ3) is 4.01. The van der Waals surface area contributed by atoms with Crippen molar-refractivity contribution in [1.82, 2.24) is 0 Å². The Labute approximate surface area is 166 Å². The van der Waals surface area contributed by atoms with Gasteiger partial charge < -0.3 is 10.2 Å². The highest BCUT2D eigenvalue weighted by Gasteiger charge is 2.18. The molecule has 3 nitrogen and oxygen atoms in total. The van der Waals surface area contributed by atoms with Gasteiger partial charge in [-0.2, -0.15) is 0 Å². The summed E-state index contributed by atoms with van der Waals surface area (Å²) in [4.78, 5) is 16.2. The Bertz CT molecular complexity index is 941. The summed E-state index contributed by atoms with van der Waals surface area (Å²) in [5, 5.41) is 4.35. The molecule has 0 saturated heterocycles. The van der Waals surface area contributed by atoms with Gasteiger partial charge in [-0.1, -0.05) is 31.5 Å². The molecule has 0 aliphatic heterocycles. The second-order valence-corrected chi connectivity index (χ2v) is 7.83. The number of amides is 1. The SMILES string of the molecule is CCCc1c(C(=O)Nc2ccc(N(CC)CC)cc2C)sc2ccccc12. The van der Waals surface area contributed by atoms with Crippen LogP contribution in [0.4, 0.5) is 11.4 Å². The third-order valence-electron chi connectivity index (χ3n) is 4.99. The first-order chi connectivity index (χ1) is 13.1. The third-order valence-corrected chi connectivity index (χ3v) is 6.20. The Morgan fingerprint density at radius 2 is 1.81 bits per heavy atom. The van der Waals surface area contributed by atoms with E-state index in [2.05, 4.69) is 62.2 Å². The normalized spacial score (nSPS) is 11.0. The topological polar surface area (TPSA) is 32.3 Å². The van der Waals surface area contributed by atoms with Gasteiger partial charge in [0.1, 0.15) is 0 Å². The largest absolute Gasteiger partial charge is 0.372 e. The number of carbonyl (C=O) groups excluding carboxylic acids is 1. The fourth-order valence-corrected chi connectivity index (χ4v) is 4.68. The minimum Gasteiger partial charge on any atom is -0.372 e. The van der Waals surface area contributed by atoms with Gasteiger partial charge in [0.05, 0.1) is 4.88 Å². The summed E-state index contributed by atoms with van der Waals surface area (Å²) in [6, 6.07) is 14.6. The van der Waals surface area contributed by atoms with E-state index in [0.29, 0.717) is 0 Å². The average molecular weight is 381 g/mol. The minimum atomic E-state index is -0.00154. The van der Waals surface area contributed by atoms with E-state index in [-0.39, 0.29) is 5.91 Å². The van der Waals surface area contributed by atoms with Crippen molar-refractivity contribution in [3.8, 4) is 0 Å². The van der Waals surface area contributed by atoms with E-state index in [0.717, 1.165) is 42.1 Å². The Balaban J connectivity index is 1.89. The van der Waals surface area contributed by atoms with Gasteiger partial charge in [-0.25, -0.2) is 0 Å². The van der Waals surface area contributed by atoms with Crippen molar-refractivity contribution >= 4 is 38.7 Å². The number of nitrogens with zero attached hydrogens (tertiary/aromatic N) is 1. The number of anilines is 2. The van der Waals surface area contributed by atoms with Gasteiger partial charge >= 0.3 is 0 Å². The summed E-state index contributed by atoms with van der Waals surface area (Å²) in [5.41, 5.74) is 4.35. The first-order valence-electron chi connectivity index (χ1n) is 9.76. The van der Waals surface area contributed by atoms with Crippen LogP contribution in [0.2, 0.25) is 0 Å². The van der Waals surface area contributed by atoms with Gasteiger partial charge in [0.2, 0.25) is 0 Å². The van der Waals surface area contributed by atoms with Crippen LogP contribution in [0.3, 0.4) is 0 Å². The predicted molar refractivity (Wildman–Crippen MR) is 119 cm³/mol. The quantitative estimate of drug-likeness (QED) is 0.524. The van der Waals surface area contributed by atoms with Crippen molar-refractivity contribution in [3.05, 3.63) is 58.5 Å². The van der Waals surface area contributed by atoms with Crippen LogP contribution in [-0.4, -0.2) is 19.0 Å². The molecule has 142 valence electrons. The van der Waals surface area contributed by atoms with E-state index in [9.17, 15) is 4.79 Å². The lowest BCUT2D eigenvalue weighted by Crippen LogP contribution is -2.22. The molecule has 1 heterocycles. The Morgan fingerprint density at radius 3 is 2.48 bits per heavy atom. The second kappa shape index (κ2) is 8.57. The number of rotatable bonds is 7. The zero-order valence-electron chi connectivity index (χ0n) is 16.6. The van der Waals surface area contributed by atoms with Crippen LogP contribution in [0.5, 0.6) is 0 Å². The monoisotopic (exact) mass is 380 g/mol. The van der Waals surface area contributed by atoms with Gasteiger partial charge in [0.25, 0.3) is 5.91 Å². The lowest BCUT2D eigenvalue weighted by Gasteiger charge is -2.22. The highest BCUT2D eigenvalue weighted by atomic mass is 32.1. The first kappa shape index (κ1) is 19.4. The van der Waals surface area contributed by atoms with E-state index in [4.69, 9.17) is 0 Å². The van der Waals surface area contributed by atoms with Crippen LogP contribution >= 0.6 is 11.3 Å². The molecule has 0 bridgehead atoms. The van der Waals surface area contributed by atoms with Crippen LogP contribution in [0.1, 0.15) is 48.0 Å². The van der Waals surface area contributed by atoms with Crippen LogP contribution < -0.4 is 10.2 Å². The number of aryl methyl sites for hydroxylation is 2. The summed E-state index contributed by atoms with van der Waals surface area (Å²) >= 11 is 1.59. The van der Waals surface area contributed by atoms with Gasteiger partial charge in [-0.3, -0.25) is 4.79 Å². The minimum absolute atomic E-state index is 0.00154. The number of benzene rings is 2. The zero-order chi connectivity index (χ0) is 19.4. The molecule has 1 amide bonds. The number of fused-ring (bicyclic) bond motifs is 1. The van der Waals surface area contributed by atoms with E-state index in [1.807, 2.05) is 18.2 Å². The van der Waals surface area contributed by atoms with E-state index < -0.39 is 0 Å². The number of carbonyl (C=O) groups is 1. The maximum Gasteiger partial charge on any atom is 0.266 e. The number of thiophene rings is 1. The smallest absolute Gasteiger partial charge is 0.266 e. The molecule has 0 fully saturated rings. The molecule has 4 heteroatoms. The molecular formula is C23H28N2OS. The Morgan fingerprint density at radius 1 is 1.07 bits per heavy atom. The van der Waals surface area contributed by atoms with E-state index >= 15 is 0 Å². The molecule has 0 aliphatic rings. The maximum absolute atomic E-state index is 13.1. The fraction of sp³-hybridized carbons (Fsp3) is 0.348. The lowest BCUT2D eigenvalue weighted by atomic mass is 10.1. The standard InChI is InChI=1S/C23H28N2OS/c1-5-10-19-18-11-8-9-12-21(18)27-22(19)23(26)24-20-14-13-17(15-16(20)4)25(6-2)7-3/h8-9,11-15H,5-7,10H2,1-4H3,(H,24,26). The number of nitrogens with one attached hydrogen (secondary N) is 1. The molecule has 0 unspecified atom stereocenters. The molecule has 1 N–H and O–H groups in total. The van der Waals surface area contributed by atoms with Crippen LogP contribution in [0, 0.1) is 6.92 Å². The van der Waals surface area contributed by atoms with Crippen molar-refractivity contribution in [1.29, 1.82) is 0 Å². The van der Waals surface area contributed by atoms with Crippen LogP contribution in [-0.2, 0) is 6.42 Å². The molecule has 3 rings (SSSR count). The van der Waals surface area contributed by atoms with Crippen molar-refractivity contribution in [2.75, 3.05) is 23.3 Å². The molecule has 0 radical (unpaired) electrons. The van der Waals surface area contributed by atoms with Gasteiger partial charge in [0, 0.05) is 29.2 Å². The molecule has 0 aliphatic carbocycles. The van der Waals surface area contributed by atoms with Crippen LogP contribution in [0.15, 0.2) is 42.5 Å². The summed E-state index contributed by atoms with van der Waals surface area (Å²) in [6.45, 7) is 10.5. The van der Waals surface area contributed by atoms with Crippen molar-refractivity contribution in [3.63, 3.8) is 0 Å². The zero-order valence-corrected chi connectivity index (χ0v) is 17.5. The lowest BCUT2D eigenvalue weighted by molar-refractivity contribution is 0.102.